The van der Waals surface area contributed by atoms with Crippen LogP contribution in [0.1, 0.15) is 17.2 Å². The Labute approximate surface area is 123 Å². The summed E-state index contributed by atoms with van der Waals surface area (Å²) in [6.07, 6.45) is 3.57. The quantitative estimate of drug-likeness (QED) is 0.888. The minimum atomic E-state index is -0.333. The summed E-state index contributed by atoms with van der Waals surface area (Å²) in [6, 6.07) is 7.24. The Morgan fingerprint density at radius 2 is 1.90 bits per heavy atom. The van der Waals surface area contributed by atoms with Crippen LogP contribution in [0.5, 0.6) is 11.5 Å². The van der Waals surface area contributed by atoms with E-state index in [-0.39, 0.29) is 11.9 Å². The third-order valence-electron chi connectivity index (χ3n) is 3.36. The molecule has 0 saturated carbocycles. The summed E-state index contributed by atoms with van der Waals surface area (Å²) >= 11 is 0. The molecule has 1 aromatic heterocycles. The topological polar surface area (TPSA) is 43.4 Å². The highest BCUT2D eigenvalue weighted by atomic mass is 19.1. The second-order valence-electron chi connectivity index (χ2n) is 4.67. The SMILES string of the molecule is CNC(Cc1ccc(OC)c(OC)c1)c1cncc(F)c1. The van der Waals surface area contributed by atoms with Crippen LogP contribution in [0.3, 0.4) is 0 Å². The molecule has 1 aromatic carbocycles. The number of hydrogen-bond acceptors (Lipinski definition) is 4. The Kier molecular flexibility index (Phi) is 5.11. The van der Waals surface area contributed by atoms with E-state index in [0.29, 0.717) is 17.9 Å². The number of ether oxygens (including phenoxy) is 2. The van der Waals surface area contributed by atoms with Gasteiger partial charge in [0.1, 0.15) is 5.82 Å². The molecule has 0 bridgehead atoms. The number of aromatic nitrogens is 1. The van der Waals surface area contributed by atoms with E-state index in [1.54, 1.807) is 20.4 Å². The molecule has 1 heterocycles. The van der Waals surface area contributed by atoms with Gasteiger partial charge in [-0.3, -0.25) is 4.98 Å². The van der Waals surface area contributed by atoms with E-state index in [4.69, 9.17) is 9.47 Å². The van der Waals surface area contributed by atoms with Crippen molar-refractivity contribution < 1.29 is 13.9 Å². The highest BCUT2D eigenvalue weighted by Crippen LogP contribution is 2.29. The summed E-state index contributed by atoms with van der Waals surface area (Å²) in [5.41, 5.74) is 1.88. The van der Waals surface area contributed by atoms with Gasteiger partial charge < -0.3 is 14.8 Å². The monoisotopic (exact) mass is 290 g/mol. The van der Waals surface area contributed by atoms with Crippen LogP contribution in [0.25, 0.3) is 0 Å². The minimum Gasteiger partial charge on any atom is -0.493 e. The first-order chi connectivity index (χ1) is 10.2. The number of rotatable bonds is 6. The lowest BCUT2D eigenvalue weighted by atomic mass is 10.00. The molecule has 2 rings (SSSR count). The van der Waals surface area contributed by atoms with Crippen LogP contribution in [0.15, 0.2) is 36.7 Å². The molecule has 0 saturated heterocycles. The largest absolute Gasteiger partial charge is 0.493 e. The Morgan fingerprint density at radius 1 is 1.14 bits per heavy atom. The van der Waals surface area contributed by atoms with Gasteiger partial charge in [-0.2, -0.15) is 0 Å². The molecule has 2 aromatic rings. The zero-order valence-electron chi connectivity index (χ0n) is 12.4. The number of nitrogens with zero attached hydrogens (tertiary/aromatic N) is 1. The first-order valence-electron chi connectivity index (χ1n) is 6.66. The zero-order chi connectivity index (χ0) is 15.2. The maximum Gasteiger partial charge on any atom is 0.160 e. The smallest absolute Gasteiger partial charge is 0.160 e. The van der Waals surface area contributed by atoms with Crippen molar-refractivity contribution in [2.45, 2.75) is 12.5 Å². The zero-order valence-corrected chi connectivity index (χ0v) is 12.4. The maximum atomic E-state index is 13.3. The summed E-state index contributed by atoms with van der Waals surface area (Å²) in [6.45, 7) is 0. The average molecular weight is 290 g/mol. The number of likely N-dealkylation sites (N-methyl/N-ethyl adjacent to an activating group) is 1. The van der Waals surface area contributed by atoms with Crippen LogP contribution in [0.4, 0.5) is 4.39 Å². The van der Waals surface area contributed by atoms with Crippen LogP contribution in [0, 0.1) is 5.82 Å². The van der Waals surface area contributed by atoms with Crippen LogP contribution in [-0.2, 0) is 6.42 Å². The lowest BCUT2D eigenvalue weighted by molar-refractivity contribution is 0.354. The average Bonchev–Trinajstić information content (AvgIpc) is 2.52. The fourth-order valence-electron chi connectivity index (χ4n) is 2.25. The summed E-state index contributed by atoms with van der Waals surface area (Å²) in [4.78, 5) is 3.90. The molecular formula is C16H19FN2O2. The van der Waals surface area contributed by atoms with Crippen molar-refractivity contribution in [3.63, 3.8) is 0 Å². The standard InChI is InChI=1S/C16H19FN2O2/c1-18-14(12-8-13(17)10-19-9-12)6-11-4-5-15(20-2)16(7-11)21-3/h4-5,7-10,14,18H,6H2,1-3H3. The number of hydrogen-bond donors (Lipinski definition) is 1. The van der Waals surface area contributed by atoms with Gasteiger partial charge >= 0.3 is 0 Å². The Balaban J connectivity index is 2.22. The van der Waals surface area contributed by atoms with Crippen molar-refractivity contribution >= 4 is 0 Å². The van der Waals surface area contributed by atoms with E-state index < -0.39 is 0 Å². The normalized spacial score (nSPS) is 12.0. The fraction of sp³-hybridized carbons (Fsp3) is 0.312. The summed E-state index contributed by atoms with van der Waals surface area (Å²) in [7, 11) is 5.05. The lowest BCUT2D eigenvalue weighted by Gasteiger charge is -2.17. The second kappa shape index (κ2) is 7.04. The highest BCUT2D eigenvalue weighted by Gasteiger charge is 2.13. The first-order valence-corrected chi connectivity index (χ1v) is 6.66. The predicted octanol–water partition coefficient (Wildman–Crippen LogP) is 2.74. The Bertz CT molecular complexity index is 605. The molecule has 21 heavy (non-hydrogen) atoms. The second-order valence-corrected chi connectivity index (χ2v) is 4.67. The van der Waals surface area contributed by atoms with Crippen LogP contribution >= 0.6 is 0 Å². The van der Waals surface area contributed by atoms with Crippen LogP contribution in [-0.4, -0.2) is 26.3 Å². The molecular weight excluding hydrogens is 271 g/mol. The van der Waals surface area contributed by atoms with E-state index in [0.717, 1.165) is 11.1 Å². The van der Waals surface area contributed by atoms with Crippen molar-refractivity contribution in [2.75, 3.05) is 21.3 Å². The molecule has 4 nitrogen and oxygen atoms in total. The molecule has 0 aliphatic heterocycles. The van der Waals surface area contributed by atoms with Crippen molar-refractivity contribution in [1.29, 1.82) is 0 Å². The van der Waals surface area contributed by atoms with E-state index in [2.05, 4.69) is 10.3 Å². The van der Waals surface area contributed by atoms with E-state index in [9.17, 15) is 4.39 Å². The van der Waals surface area contributed by atoms with Gasteiger partial charge in [0, 0.05) is 12.2 Å². The van der Waals surface area contributed by atoms with Gasteiger partial charge in [0.25, 0.3) is 0 Å². The highest BCUT2D eigenvalue weighted by molar-refractivity contribution is 5.43. The molecule has 0 aliphatic rings. The summed E-state index contributed by atoms with van der Waals surface area (Å²) < 4.78 is 23.8. The van der Waals surface area contributed by atoms with Crippen LogP contribution in [0.2, 0.25) is 0 Å². The summed E-state index contributed by atoms with van der Waals surface area (Å²) in [5, 5.41) is 3.18. The molecule has 1 atom stereocenters. The van der Waals surface area contributed by atoms with Crippen molar-refractivity contribution in [1.82, 2.24) is 10.3 Å². The molecule has 0 amide bonds. The van der Waals surface area contributed by atoms with E-state index in [1.165, 1.54) is 12.3 Å². The third kappa shape index (κ3) is 3.70. The molecule has 5 heteroatoms. The van der Waals surface area contributed by atoms with Gasteiger partial charge in [0.05, 0.1) is 20.4 Å². The molecule has 112 valence electrons. The predicted molar refractivity (Wildman–Crippen MR) is 79.2 cm³/mol. The van der Waals surface area contributed by atoms with Gasteiger partial charge in [0.15, 0.2) is 11.5 Å². The van der Waals surface area contributed by atoms with Gasteiger partial charge in [-0.05, 0) is 42.8 Å². The molecule has 0 spiro atoms. The van der Waals surface area contributed by atoms with Gasteiger partial charge in [-0.1, -0.05) is 6.07 Å². The van der Waals surface area contributed by atoms with Crippen molar-refractivity contribution in [3.8, 4) is 11.5 Å². The van der Waals surface area contributed by atoms with Crippen LogP contribution < -0.4 is 14.8 Å². The van der Waals surface area contributed by atoms with Gasteiger partial charge in [0.2, 0.25) is 0 Å². The lowest BCUT2D eigenvalue weighted by Crippen LogP contribution is -2.19. The number of pyridine rings is 1. The van der Waals surface area contributed by atoms with Gasteiger partial charge in [-0.25, -0.2) is 4.39 Å². The van der Waals surface area contributed by atoms with E-state index in [1.807, 2.05) is 25.2 Å². The van der Waals surface area contributed by atoms with Gasteiger partial charge in [-0.15, -0.1) is 0 Å². The Morgan fingerprint density at radius 3 is 2.52 bits per heavy atom. The maximum absolute atomic E-state index is 13.3. The minimum absolute atomic E-state index is 0.0219. The third-order valence-corrected chi connectivity index (χ3v) is 3.36. The van der Waals surface area contributed by atoms with Crippen molar-refractivity contribution in [3.05, 3.63) is 53.6 Å². The number of nitrogens with one attached hydrogen (secondary N) is 1. The molecule has 1 N–H and O–H groups in total. The van der Waals surface area contributed by atoms with Crippen molar-refractivity contribution in [2.24, 2.45) is 0 Å². The summed E-state index contributed by atoms with van der Waals surface area (Å²) in [5.74, 6) is 1.04. The number of benzene rings is 1. The van der Waals surface area contributed by atoms with E-state index >= 15 is 0 Å². The Hall–Kier alpha value is -2.14. The number of methoxy groups -OCH3 is 2. The molecule has 0 fully saturated rings. The fourth-order valence-corrected chi connectivity index (χ4v) is 2.25. The number of halogens is 1. The first kappa shape index (κ1) is 15.3. The molecule has 0 radical (unpaired) electrons. The molecule has 1 unspecified atom stereocenters. The molecule has 0 aliphatic carbocycles.